The van der Waals surface area contributed by atoms with Crippen molar-refractivity contribution in [1.29, 1.82) is 0 Å². The van der Waals surface area contributed by atoms with Crippen LogP contribution < -0.4 is 15.4 Å². The second-order valence-corrected chi connectivity index (χ2v) is 8.02. The van der Waals surface area contributed by atoms with Gasteiger partial charge in [0.25, 0.3) is 5.91 Å². The number of carbonyl (C=O) groups is 2. The highest BCUT2D eigenvalue weighted by atomic mass is 32.1. The van der Waals surface area contributed by atoms with Crippen molar-refractivity contribution >= 4 is 56.1 Å². The number of furan rings is 1. The van der Waals surface area contributed by atoms with Crippen molar-refractivity contribution in [3.05, 3.63) is 82.1 Å². The van der Waals surface area contributed by atoms with Gasteiger partial charge in [-0.3, -0.25) is 25.0 Å². The Morgan fingerprint density at radius 3 is 2.50 bits per heavy atom. The molecule has 2 heterocycles. The summed E-state index contributed by atoms with van der Waals surface area (Å²) in [6, 6.07) is 12.0. The smallest absolute Gasteiger partial charge is 0.406 e. The molecule has 4 rings (SSSR count). The molecule has 2 N–H and O–H groups in total. The summed E-state index contributed by atoms with van der Waals surface area (Å²) in [5, 5.41) is 16.1. The number of benzene rings is 2. The van der Waals surface area contributed by atoms with Gasteiger partial charge >= 0.3 is 12.2 Å². The van der Waals surface area contributed by atoms with E-state index in [0.717, 1.165) is 29.5 Å². The minimum Gasteiger partial charge on any atom is -0.406 e. The first-order valence-corrected chi connectivity index (χ1v) is 10.7. The zero-order chi connectivity index (χ0) is 25.9. The lowest BCUT2D eigenvalue weighted by Crippen LogP contribution is -2.16. The Kier molecular flexibility index (Phi) is 6.69. The number of alkyl halides is 3. The van der Waals surface area contributed by atoms with Gasteiger partial charge in [0.2, 0.25) is 5.91 Å². The number of thiazole rings is 1. The summed E-state index contributed by atoms with van der Waals surface area (Å²) < 4.78 is 45.9. The van der Waals surface area contributed by atoms with Gasteiger partial charge in [-0.25, -0.2) is 4.98 Å². The molecule has 0 saturated heterocycles. The quantitative estimate of drug-likeness (QED) is 0.185. The van der Waals surface area contributed by atoms with Crippen LogP contribution in [-0.2, 0) is 4.79 Å². The molecule has 0 atom stereocenters. The molecule has 2 aromatic carbocycles. The summed E-state index contributed by atoms with van der Waals surface area (Å²) in [6.07, 6.45) is -2.18. The van der Waals surface area contributed by atoms with Gasteiger partial charge in [-0.1, -0.05) is 23.5 Å². The van der Waals surface area contributed by atoms with Crippen LogP contribution >= 0.6 is 11.3 Å². The van der Waals surface area contributed by atoms with E-state index in [2.05, 4.69) is 20.4 Å². The fraction of sp³-hybridized carbons (Fsp3) is 0.0455. The van der Waals surface area contributed by atoms with Gasteiger partial charge in [0, 0.05) is 11.8 Å². The maximum Gasteiger partial charge on any atom is 0.573 e. The van der Waals surface area contributed by atoms with Crippen LogP contribution in [0, 0.1) is 10.1 Å². The number of anilines is 2. The van der Waals surface area contributed by atoms with Gasteiger partial charge in [-0.15, -0.1) is 13.2 Å². The number of amides is 2. The maximum absolute atomic E-state index is 12.2. The minimum atomic E-state index is -4.79. The Bertz CT molecular complexity index is 1480. The van der Waals surface area contributed by atoms with Crippen LogP contribution in [0.25, 0.3) is 16.3 Å². The summed E-state index contributed by atoms with van der Waals surface area (Å²) in [7, 11) is 0. The Labute approximate surface area is 203 Å². The third-order valence-electron chi connectivity index (χ3n) is 4.41. The van der Waals surface area contributed by atoms with Crippen LogP contribution in [0.15, 0.2) is 65.1 Å². The second-order valence-electron chi connectivity index (χ2n) is 6.99. The zero-order valence-corrected chi connectivity index (χ0v) is 18.6. The topological polar surface area (TPSA) is 137 Å². The molecule has 0 aliphatic heterocycles. The number of hydrogen-bond acceptors (Lipinski definition) is 8. The molecular weight excluding hydrogens is 505 g/mol. The number of fused-ring (bicyclic) bond motifs is 1. The van der Waals surface area contributed by atoms with Crippen molar-refractivity contribution in [3.63, 3.8) is 0 Å². The first-order valence-electron chi connectivity index (χ1n) is 9.87. The van der Waals surface area contributed by atoms with Gasteiger partial charge in [0.05, 0.1) is 16.3 Å². The number of hydrogen-bond donors (Lipinski definition) is 2. The lowest BCUT2D eigenvalue weighted by molar-refractivity contribution is -0.402. The average Bonchev–Trinajstić information content (AvgIpc) is 3.44. The molecular formula is C22H13F3N4O6S. The molecule has 14 heteroatoms. The number of ether oxygens (including phenoxy) is 1. The van der Waals surface area contributed by atoms with Crippen LogP contribution in [0.1, 0.15) is 16.1 Å². The molecule has 0 bridgehead atoms. The predicted octanol–water partition coefficient (Wildman–Crippen LogP) is 5.60. The van der Waals surface area contributed by atoms with Crippen LogP contribution in [0.5, 0.6) is 5.75 Å². The van der Waals surface area contributed by atoms with E-state index in [1.807, 2.05) is 0 Å². The van der Waals surface area contributed by atoms with E-state index in [0.29, 0.717) is 21.5 Å². The third kappa shape index (κ3) is 6.24. The summed E-state index contributed by atoms with van der Waals surface area (Å²) in [5.74, 6) is -2.35. The molecule has 0 aliphatic carbocycles. The number of halogens is 3. The fourth-order valence-electron chi connectivity index (χ4n) is 2.90. The van der Waals surface area contributed by atoms with Crippen LogP contribution in [-0.4, -0.2) is 28.1 Å². The first kappa shape index (κ1) is 24.4. The Balaban J connectivity index is 1.38. The second kappa shape index (κ2) is 9.87. The van der Waals surface area contributed by atoms with E-state index < -0.39 is 29.0 Å². The number of nitrogens with zero attached hydrogens (tertiary/aromatic N) is 2. The standard InChI is InChI=1S/C22H13F3N4O6S/c23-22(24,25)35-14-5-1-12(2-6-14)3-9-18(30)28-21-27-15-7-4-13(11-17(15)36-21)26-20(31)16-8-10-19(34-16)29(32)33/h1-11H,(H,26,31)(H,27,28,30)/b9-3+. The minimum absolute atomic E-state index is 0.228. The molecule has 0 saturated carbocycles. The van der Waals surface area contributed by atoms with Crippen molar-refractivity contribution < 1.29 is 36.8 Å². The monoisotopic (exact) mass is 518 g/mol. The summed E-state index contributed by atoms with van der Waals surface area (Å²) >= 11 is 1.14. The normalized spacial score (nSPS) is 11.5. The molecule has 184 valence electrons. The van der Waals surface area contributed by atoms with E-state index in [1.54, 1.807) is 18.2 Å². The molecule has 0 radical (unpaired) electrons. The Hall–Kier alpha value is -4.72. The lowest BCUT2D eigenvalue weighted by atomic mass is 10.2. The largest absolute Gasteiger partial charge is 0.573 e. The summed E-state index contributed by atoms with van der Waals surface area (Å²) in [4.78, 5) is 38.7. The number of nitro groups is 1. The van der Waals surface area contributed by atoms with E-state index in [1.165, 1.54) is 30.4 Å². The summed E-state index contributed by atoms with van der Waals surface area (Å²) in [5.41, 5.74) is 1.41. The highest BCUT2D eigenvalue weighted by Gasteiger charge is 2.30. The van der Waals surface area contributed by atoms with Crippen molar-refractivity contribution in [3.8, 4) is 5.75 Å². The zero-order valence-electron chi connectivity index (χ0n) is 17.7. The SMILES string of the molecule is O=C(/C=C/c1ccc(OC(F)(F)F)cc1)Nc1nc2ccc(NC(=O)c3ccc([N+](=O)[O-])o3)cc2s1. The van der Waals surface area contributed by atoms with Crippen molar-refractivity contribution in [2.45, 2.75) is 6.36 Å². The molecule has 0 fully saturated rings. The third-order valence-corrected chi connectivity index (χ3v) is 5.35. The average molecular weight is 518 g/mol. The Morgan fingerprint density at radius 2 is 1.83 bits per heavy atom. The van der Waals surface area contributed by atoms with Crippen LogP contribution in [0.2, 0.25) is 0 Å². The van der Waals surface area contributed by atoms with Gasteiger partial charge in [0.1, 0.15) is 10.7 Å². The van der Waals surface area contributed by atoms with Crippen LogP contribution in [0.4, 0.5) is 29.9 Å². The highest BCUT2D eigenvalue weighted by molar-refractivity contribution is 7.22. The van der Waals surface area contributed by atoms with Gasteiger partial charge in [-0.05, 0) is 48.0 Å². The molecule has 0 unspecified atom stereocenters. The molecule has 10 nitrogen and oxygen atoms in total. The Morgan fingerprint density at radius 1 is 1.08 bits per heavy atom. The van der Waals surface area contributed by atoms with Crippen molar-refractivity contribution in [2.24, 2.45) is 0 Å². The van der Waals surface area contributed by atoms with E-state index >= 15 is 0 Å². The molecule has 0 aliphatic rings. The molecule has 0 spiro atoms. The number of carbonyl (C=O) groups excluding carboxylic acids is 2. The van der Waals surface area contributed by atoms with E-state index in [4.69, 9.17) is 4.42 Å². The molecule has 36 heavy (non-hydrogen) atoms. The molecule has 2 aromatic heterocycles. The molecule has 2 amide bonds. The van der Waals surface area contributed by atoms with Gasteiger partial charge < -0.3 is 14.5 Å². The highest BCUT2D eigenvalue weighted by Crippen LogP contribution is 2.29. The predicted molar refractivity (Wildman–Crippen MR) is 124 cm³/mol. The lowest BCUT2D eigenvalue weighted by Gasteiger charge is -2.08. The fourth-order valence-corrected chi connectivity index (χ4v) is 3.80. The van der Waals surface area contributed by atoms with Crippen molar-refractivity contribution in [2.75, 3.05) is 10.6 Å². The van der Waals surface area contributed by atoms with E-state index in [-0.39, 0.29) is 16.6 Å². The number of rotatable bonds is 7. The van der Waals surface area contributed by atoms with E-state index in [9.17, 15) is 32.9 Å². The van der Waals surface area contributed by atoms with Crippen molar-refractivity contribution in [1.82, 2.24) is 4.98 Å². The van der Waals surface area contributed by atoms with Gasteiger partial charge in [0.15, 0.2) is 10.9 Å². The van der Waals surface area contributed by atoms with Crippen LogP contribution in [0.3, 0.4) is 0 Å². The maximum atomic E-state index is 12.2. The number of nitrogens with one attached hydrogen (secondary N) is 2. The van der Waals surface area contributed by atoms with Gasteiger partial charge in [-0.2, -0.15) is 0 Å². The number of aromatic nitrogens is 1. The molecule has 4 aromatic rings. The summed E-state index contributed by atoms with van der Waals surface area (Å²) in [6.45, 7) is 0. The first-order chi connectivity index (χ1) is 17.1.